The van der Waals surface area contributed by atoms with Crippen LogP contribution in [0, 0.1) is 0 Å². The van der Waals surface area contributed by atoms with Gasteiger partial charge in [-0.2, -0.15) is 0 Å². The number of morpholine rings is 1. The molecule has 2 rings (SSSR count). The van der Waals surface area contributed by atoms with Gasteiger partial charge in [-0.15, -0.1) is 12.4 Å². The molecule has 5 nitrogen and oxygen atoms in total. The van der Waals surface area contributed by atoms with Crippen LogP contribution >= 0.6 is 24.0 Å². The fraction of sp³-hybridized carbons (Fsp3) is 0.533. The van der Waals surface area contributed by atoms with E-state index < -0.39 is 0 Å². The topological polar surface area (TPSA) is 59.6 Å². The summed E-state index contributed by atoms with van der Waals surface area (Å²) in [5.41, 5.74) is 0.657. The van der Waals surface area contributed by atoms with Crippen molar-refractivity contribution < 1.29 is 14.3 Å². The van der Waals surface area contributed by atoms with Gasteiger partial charge in [0, 0.05) is 18.8 Å². The Kier molecular flexibility index (Phi) is 7.96. The van der Waals surface area contributed by atoms with E-state index in [1.54, 1.807) is 18.2 Å². The minimum Gasteiger partial charge on any atom is -0.489 e. The normalized spacial score (nSPS) is 17.7. The standard InChI is InChI=1S/C15H21ClN2O3.ClH/c1-10(2)21-14-4-3-11(7-13(14)16)18-15(19)8-12-9-17-5-6-20-12;/h3-4,7,10,12,17H,5-6,8-9H2,1-2H3,(H,18,19);1H. The van der Waals surface area contributed by atoms with Crippen LogP contribution in [-0.4, -0.2) is 37.8 Å². The van der Waals surface area contributed by atoms with E-state index in [0.717, 1.165) is 6.54 Å². The van der Waals surface area contributed by atoms with Crippen LogP contribution in [0.5, 0.6) is 5.75 Å². The first-order valence-electron chi connectivity index (χ1n) is 7.13. The molecule has 0 bridgehead atoms. The fourth-order valence-electron chi connectivity index (χ4n) is 2.10. The Morgan fingerprint density at radius 1 is 1.55 bits per heavy atom. The van der Waals surface area contributed by atoms with Crippen LogP contribution < -0.4 is 15.4 Å². The summed E-state index contributed by atoms with van der Waals surface area (Å²) in [7, 11) is 0. The molecule has 1 atom stereocenters. The third kappa shape index (κ3) is 6.01. The largest absolute Gasteiger partial charge is 0.489 e. The number of rotatable bonds is 5. The van der Waals surface area contributed by atoms with Gasteiger partial charge in [-0.05, 0) is 32.0 Å². The summed E-state index contributed by atoms with van der Waals surface area (Å²) in [5, 5.41) is 6.50. The molecule has 1 amide bonds. The Balaban J connectivity index is 0.00000242. The number of amides is 1. The van der Waals surface area contributed by atoms with Crippen LogP contribution in [0.2, 0.25) is 5.02 Å². The monoisotopic (exact) mass is 348 g/mol. The zero-order chi connectivity index (χ0) is 15.2. The maximum Gasteiger partial charge on any atom is 0.227 e. The molecule has 1 fully saturated rings. The van der Waals surface area contributed by atoms with Crippen molar-refractivity contribution in [3.8, 4) is 5.75 Å². The molecular formula is C15H22Cl2N2O3. The van der Waals surface area contributed by atoms with Crippen molar-refractivity contribution >= 4 is 35.6 Å². The summed E-state index contributed by atoms with van der Waals surface area (Å²) in [6, 6.07) is 5.23. The fourth-order valence-corrected chi connectivity index (χ4v) is 2.32. The van der Waals surface area contributed by atoms with Crippen LogP contribution in [0.15, 0.2) is 18.2 Å². The SMILES string of the molecule is CC(C)Oc1ccc(NC(=O)CC2CNCCO2)cc1Cl.Cl. The van der Waals surface area contributed by atoms with Crippen molar-refractivity contribution in [3.05, 3.63) is 23.2 Å². The Bertz CT molecular complexity index is 492. The number of carbonyl (C=O) groups is 1. The molecule has 1 aliphatic rings. The first-order valence-corrected chi connectivity index (χ1v) is 7.51. The van der Waals surface area contributed by atoms with Crippen molar-refractivity contribution in [1.29, 1.82) is 0 Å². The van der Waals surface area contributed by atoms with Crippen molar-refractivity contribution in [3.63, 3.8) is 0 Å². The molecule has 22 heavy (non-hydrogen) atoms. The Hall–Kier alpha value is -1.01. The third-order valence-electron chi connectivity index (χ3n) is 3.00. The van der Waals surface area contributed by atoms with Crippen LogP contribution in [-0.2, 0) is 9.53 Å². The van der Waals surface area contributed by atoms with Crippen LogP contribution in [0.3, 0.4) is 0 Å². The van der Waals surface area contributed by atoms with Gasteiger partial charge in [0.15, 0.2) is 0 Å². The van der Waals surface area contributed by atoms with Crippen molar-refractivity contribution in [2.24, 2.45) is 0 Å². The van der Waals surface area contributed by atoms with Gasteiger partial charge in [0.2, 0.25) is 5.91 Å². The lowest BCUT2D eigenvalue weighted by molar-refractivity contribution is -0.119. The van der Waals surface area contributed by atoms with Crippen LogP contribution in [0.25, 0.3) is 0 Å². The van der Waals surface area contributed by atoms with E-state index in [-0.39, 0.29) is 30.5 Å². The van der Waals surface area contributed by atoms with E-state index >= 15 is 0 Å². The lowest BCUT2D eigenvalue weighted by atomic mass is 10.2. The number of hydrogen-bond acceptors (Lipinski definition) is 4. The number of carbonyl (C=O) groups excluding carboxylic acids is 1. The molecule has 0 saturated carbocycles. The van der Waals surface area contributed by atoms with E-state index in [2.05, 4.69) is 10.6 Å². The molecule has 1 unspecified atom stereocenters. The number of hydrogen-bond donors (Lipinski definition) is 2. The summed E-state index contributed by atoms with van der Waals surface area (Å²) >= 11 is 6.14. The molecule has 0 spiro atoms. The molecule has 1 heterocycles. The maximum absolute atomic E-state index is 12.0. The molecule has 1 aromatic carbocycles. The third-order valence-corrected chi connectivity index (χ3v) is 3.29. The van der Waals surface area contributed by atoms with E-state index in [9.17, 15) is 4.79 Å². The van der Waals surface area contributed by atoms with Crippen molar-refractivity contribution in [2.75, 3.05) is 25.0 Å². The minimum atomic E-state index is -0.0858. The molecule has 0 radical (unpaired) electrons. The highest BCUT2D eigenvalue weighted by Gasteiger charge is 2.17. The summed E-state index contributed by atoms with van der Waals surface area (Å²) in [6.07, 6.45) is 0.311. The van der Waals surface area contributed by atoms with Gasteiger partial charge in [0.25, 0.3) is 0 Å². The highest BCUT2D eigenvalue weighted by Crippen LogP contribution is 2.28. The number of benzene rings is 1. The average Bonchev–Trinajstić information content (AvgIpc) is 2.42. The predicted molar refractivity (Wildman–Crippen MR) is 90.3 cm³/mol. The van der Waals surface area contributed by atoms with E-state index in [0.29, 0.717) is 36.0 Å². The molecule has 7 heteroatoms. The average molecular weight is 349 g/mol. The van der Waals surface area contributed by atoms with E-state index in [1.807, 2.05) is 13.8 Å². The Morgan fingerprint density at radius 2 is 2.32 bits per heavy atom. The molecule has 2 N–H and O–H groups in total. The highest BCUT2D eigenvalue weighted by atomic mass is 35.5. The molecule has 1 aromatic rings. The summed E-state index contributed by atoms with van der Waals surface area (Å²) in [6.45, 7) is 6.06. The Morgan fingerprint density at radius 3 is 2.91 bits per heavy atom. The number of nitrogens with one attached hydrogen (secondary N) is 2. The predicted octanol–water partition coefficient (Wildman–Crippen LogP) is 2.87. The second-order valence-corrected chi connectivity index (χ2v) is 5.67. The molecular weight excluding hydrogens is 327 g/mol. The van der Waals surface area contributed by atoms with Gasteiger partial charge in [-0.1, -0.05) is 11.6 Å². The molecule has 124 valence electrons. The summed E-state index contributed by atoms with van der Waals surface area (Å²) in [4.78, 5) is 12.0. The first kappa shape index (κ1) is 19.0. The second-order valence-electron chi connectivity index (χ2n) is 5.26. The first-order chi connectivity index (χ1) is 10.0. The van der Waals surface area contributed by atoms with Crippen LogP contribution in [0.1, 0.15) is 20.3 Å². The minimum absolute atomic E-state index is 0. The van der Waals surface area contributed by atoms with Gasteiger partial charge >= 0.3 is 0 Å². The van der Waals surface area contributed by atoms with Crippen molar-refractivity contribution in [1.82, 2.24) is 5.32 Å². The van der Waals surface area contributed by atoms with Gasteiger partial charge in [0.05, 0.1) is 30.3 Å². The zero-order valence-corrected chi connectivity index (χ0v) is 14.3. The highest BCUT2D eigenvalue weighted by molar-refractivity contribution is 6.32. The summed E-state index contributed by atoms with van der Waals surface area (Å²) in [5.74, 6) is 0.529. The lowest BCUT2D eigenvalue weighted by Gasteiger charge is -2.23. The molecule has 1 saturated heterocycles. The molecule has 0 aromatic heterocycles. The second kappa shape index (κ2) is 9.20. The molecule has 0 aliphatic carbocycles. The number of ether oxygens (including phenoxy) is 2. The van der Waals surface area contributed by atoms with E-state index in [4.69, 9.17) is 21.1 Å². The maximum atomic E-state index is 12.0. The van der Waals surface area contributed by atoms with Gasteiger partial charge in [-0.3, -0.25) is 4.79 Å². The number of anilines is 1. The molecule has 1 aliphatic heterocycles. The summed E-state index contributed by atoms with van der Waals surface area (Å²) < 4.78 is 11.1. The number of halogens is 2. The van der Waals surface area contributed by atoms with Gasteiger partial charge in [-0.25, -0.2) is 0 Å². The zero-order valence-electron chi connectivity index (χ0n) is 12.7. The smallest absolute Gasteiger partial charge is 0.227 e. The van der Waals surface area contributed by atoms with Gasteiger partial charge < -0.3 is 20.1 Å². The Labute approximate surface area is 142 Å². The van der Waals surface area contributed by atoms with Crippen molar-refractivity contribution in [2.45, 2.75) is 32.5 Å². The van der Waals surface area contributed by atoms with E-state index in [1.165, 1.54) is 0 Å². The quantitative estimate of drug-likeness (QED) is 0.858. The lowest BCUT2D eigenvalue weighted by Crippen LogP contribution is -2.40. The van der Waals surface area contributed by atoms with Gasteiger partial charge in [0.1, 0.15) is 5.75 Å². The van der Waals surface area contributed by atoms with Crippen LogP contribution in [0.4, 0.5) is 5.69 Å².